The number of alkyl halides is 1. The topological polar surface area (TPSA) is 135 Å². The minimum atomic E-state index is -1.30. The summed E-state index contributed by atoms with van der Waals surface area (Å²) < 4.78 is 51.9. The Morgan fingerprint density at radius 2 is 1.86 bits per heavy atom. The van der Waals surface area contributed by atoms with Crippen LogP contribution in [0.2, 0.25) is 0 Å². The number of ether oxygens (including phenoxy) is 1. The van der Waals surface area contributed by atoms with Gasteiger partial charge in [0.2, 0.25) is 0 Å². The van der Waals surface area contributed by atoms with E-state index in [1.165, 1.54) is 35.4 Å². The van der Waals surface area contributed by atoms with Crippen LogP contribution in [0.3, 0.4) is 0 Å². The quantitative estimate of drug-likeness (QED) is 0.244. The number of phenols is 1. The van der Waals surface area contributed by atoms with Gasteiger partial charge in [-0.25, -0.2) is 18.0 Å². The zero-order valence-electron chi connectivity index (χ0n) is 26.3. The number of aliphatic hydroxyl groups is 1. The maximum atomic E-state index is 16.8. The number of aromatic nitrogens is 3. The third-order valence-electron chi connectivity index (χ3n) is 10.4. The summed E-state index contributed by atoms with van der Waals surface area (Å²) >= 11 is 0. The third kappa shape index (κ3) is 5.41. The molecule has 4 atom stereocenters. The van der Waals surface area contributed by atoms with Crippen LogP contribution in [0.1, 0.15) is 31.2 Å². The fraction of sp³-hybridized carbons (Fsp3) is 0.429. The molecule has 2 aromatic heterocycles. The highest BCUT2D eigenvalue weighted by Gasteiger charge is 2.47. The van der Waals surface area contributed by atoms with Gasteiger partial charge >= 0.3 is 12.1 Å². The van der Waals surface area contributed by atoms with Crippen LogP contribution in [0.5, 0.6) is 11.8 Å². The lowest BCUT2D eigenvalue weighted by Crippen LogP contribution is -2.55. The molecule has 2 bridgehead atoms. The Balaban J connectivity index is 1.21. The van der Waals surface area contributed by atoms with Crippen LogP contribution in [0, 0.1) is 29.4 Å². The second-order valence-corrected chi connectivity index (χ2v) is 13.7. The normalized spacial score (nSPS) is 24.5. The first-order valence-electron chi connectivity index (χ1n) is 16.3. The molecule has 3 N–H and O–H groups in total. The fourth-order valence-corrected chi connectivity index (χ4v) is 7.82. The first kappa shape index (κ1) is 31.4. The van der Waals surface area contributed by atoms with E-state index in [4.69, 9.17) is 16.1 Å². The number of hydrogen-bond donors (Lipinski definition) is 3. The largest absolute Gasteiger partial charge is 0.508 e. The lowest BCUT2D eigenvalue weighted by molar-refractivity contribution is 0.113. The molecule has 1 aliphatic carbocycles. The zero-order chi connectivity index (χ0) is 34.2. The highest BCUT2D eigenvalue weighted by atomic mass is 19.1. The molecule has 4 aliphatic rings. The van der Waals surface area contributed by atoms with Crippen molar-refractivity contribution >= 4 is 33.6 Å². The molecule has 49 heavy (non-hydrogen) atoms. The highest BCUT2D eigenvalue weighted by molar-refractivity contribution is 6.03. The maximum absolute atomic E-state index is 16.8. The summed E-state index contributed by atoms with van der Waals surface area (Å²) in [5, 5.41) is 31.1. The van der Waals surface area contributed by atoms with Crippen molar-refractivity contribution in [2.24, 2.45) is 5.41 Å². The van der Waals surface area contributed by atoms with Gasteiger partial charge in [-0.15, -0.1) is 6.42 Å². The number of phenolic OH excluding ortho intramolecular Hbond substituents is 1. The van der Waals surface area contributed by atoms with Crippen LogP contribution in [-0.4, -0.2) is 110 Å². The van der Waals surface area contributed by atoms with Crippen molar-refractivity contribution < 1.29 is 38.0 Å². The number of likely N-dealkylation sites (tertiary alicyclic amines) is 1. The summed E-state index contributed by atoms with van der Waals surface area (Å²) in [5.74, 6) is 0.930. The SMILES string of the molecule is C#Cc1c(F)ccc2cc(O)cc(-c3ncc4c(N5CC6CCC(C5)N6C(=O)O)nc(OCC5(CN6CC(O)C(F)C6)CC5)nc4c3F)c12. The number of benzene rings is 2. The number of aromatic hydroxyl groups is 1. The number of nitrogens with zero attached hydrogens (tertiary/aromatic N) is 6. The second kappa shape index (κ2) is 11.6. The number of pyridine rings is 1. The van der Waals surface area contributed by atoms with E-state index in [2.05, 4.69) is 15.9 Å². The number of aliphatic hydroxyl groups excluding tert-OH is 1. The highest BCUT2D eigenvalue weighted by Crippen LogP contribution is 2.47. The van der Waals surface area contributed by atoms with Gasteiger partial charge in [-0.05, 0) is 49.3 Å². The second-order valence-electron chi connectivity index (χ2n) is 13.7. The van der Waals surface area contributed by atoms with Crippen molar-refractivity contribution in [1.82, 2.24) is 24.8 Å². The number of carbonyl (C=O) groups is 1. The lowest BCUT2D eigenvalue weighted by atomic mass is 9.96. The van der Waals surface area contributed by atoms with Crippen LogP contribution >= 0.6 is 0 Å². The summed E-state index contributed by atoms with van der Waals surface area (Å²) in [6, 6.07) is 4.65. The average molecular weight is 675 g/mol. The molecule has 1 saturated carbocycles. The molecule has 2 aromatic carbocycles. The molecule has 5 heterocycles. The first-order chi connectivity index (χ1) is 23.5. The van der Waals surface area contributed by atoms with E-state index in [9.17, 15) is 28.9 Å². The van der Waals surface area contributed by atoms with Gasteiger partial charge < -0.3 is 25.0 Å². The van der Waals surface area contributed by atoms with Gasteiger partial charge in [-0.2, -0.15) is 9.97 Å². The molecule has 4 aromatic rings. The standard InChI is InChI=1S/C35H33F3N6O5/c1-2-22-25(36)6-3-18-9-21(45)10-23(28(18)22)30-29(38)31-24(11-39-30)32(43-12-19-4-5-20(13-43)44(19)34(47)48)41-33(40-31)49-17-35(7-8-35)16-42-14-26(37)27(46)15-42/h1,3,6,9-11,19-20,26-27,45-46H,4-5,7-8,12-17H2,(H,47,48). The molecule has 4 fully saturated rings. The van der Waals surface area contributed by atoms with Gasteiger partial charge in [-0.3, -0.25) is 14.8 Å². The molecular weight excluding hydrogens is 641 g/mol. The summed E-state index contributed by atoms with van der Waals surface area (Å²) in [6.07, 6.45) is 6.77. The Kier molecular flexibility index (Phi) is 7.45. The molecule has 8 rings (SSSR count). The summed E-state index contributed by atoms with van der Waals surface area (Å²) in [7, 11) is 0. The van der Waals surface area contributed by atoms with Crippen LogP contribution in [0.15, 0.2) is 30.5 Å². The Bertz CT molecular complexity index is 2030. The smallest absolute Gasteiger partial charge is 0.407 e. The Labute approximate surface area is 278 Å². The number of rotatable bonds is 7. The van der Waals surface area contributed by atoms with Gasteiger partial charge in [0.1, 0.15) is 34.8 Å². The zero-order valence-corrected chi connectivity index (χ0v) is 26.3. The van der Waals surface area contributed by atoms with Crippen molar-refractivity contribution in [3.63, 3.8) is 0 Å². The van der Waals surface area contributed by atoms with E-state index in [0.29, 0.717) is 43.7 Å². The van der Waals surface area contributed by atoms with Crippen molar-refractivity contribution in [1.29, 1.82) is 0 Å². The monoisotopic (exact) mass is 674 g/mol. The number of amides is 1. The van der Waals surface area contributed by atoms with Gasteiger partial charge in [-0.1, -0.05) is 12.0 Å². The van der Waals surface area contributed by atoms with E-state index in [-0.39, 0.29) is 82.1 Å². The molecule has 4 unspecified atom stereocenters. The van der Waals surface area contributed by atoms with Crippen LogP contribution in [0.25, 0.3) is 32.9 Å². The van der Waals surface area contributed by atoms with Crippen molar-refractivity contribution in [3.8, 4) is 35.4 Å². The lowest BCUT2D eigenvalue weighted by Gasteiger charge is -2.40. The summed E-state index contributed by atoms with van der Waals surface area (Å²) in [5.41, 5.74) is -0.664. The van der Waals surface area contributed by atoms with E-state index in [1.807, 2.05) is 9.80 Å². The molecule has 1 amide bonds. The molecule has 14 heteroatoms. The van der Waals surface area contributed by atoms with Gasteiger partial charge in [0, 0.05) is 55.3 Å². The predicted molar refractivity (Wildman–Crippen MR) is 173 cm³/mol. The predicted octanol–water partition coefficient (Wildman–Crippen LogP) is 4.31. The molecule has 0 radical (unpaired) electrons. The average Bonchev–Trinajstić information content (AvgIpc) is 3.68. The summed E-state index contributed by atoms with van der Waals surface area (Å²) in [4.78, 5) is 30.9. The van der Waals surface area contributed by atoms with Gasteiger partial charge in [0.05, 0.1) is 35.7 Å². The minimum absolute atomic E-state index is 0.0773. The molecule has 0 spiro atoms. The number of halogens is 3. The number of piperazine rings is 1. The van der Waals surface area contributed by atoms with Crippen LogP contribution < -0.4 is 9.64 Å². The number of fused-ring (bicyclic) bond motifs is 4. The number of carboxylic acid groups (broad SMARTS) is 1. The van der Waals surface area contributed by atoms with Crippen molar-refractivity contribution in [3.05, 3.63) is 47.7 Å². The molecule has 11 nitrogen and oxygen atoms in total. The third-order valence-corrected chi connectivity index (χ3v) is 10.4. The summed E-state index contributed by atoms with van der Waals surface area (Å²) in [6.45, 7) is 1.73. The molecular formula is C35H33F3N6O5. The van der Waals surface area contributed by atoms with E-state index in [1.54, 1.807) is 0 Å². The van der Waals surface area contributed by atoms with Crippen LogP contribution in [-0.2, 0) is 0 Å². The number of hydrogen-bond acceptors (Lipinski definition) is 9. The number of anilines is 1. The Morgan fingerprint density at radius 1 is 1.10 bits per heavy atom. The minimum Gasteiger partial charge on any atom is -0.508 e. The molecule has 3 saturated heterocycles. The van der Waals surface area contributed by atoms with E-state index in [0.717, 1.165) is 12.8 Å². The maximum Gasteiger partial charge on any atom is 0.407 e. The molecule has 254 valence electrons. The molecule has 3 aliphatic heterocycles. The Morgan fingerprint density at radius 3 is 2.51 bits per heavy atom. The number of β-amino-alcohol motifs (C(OH)–C–C–N with tert-alkyl or cyclic N) is 1. The Hall–Kier alpha value is -4.87. The van der Waals surface area contributed by atoms with Gasteiger partial charge in [0.25, 0.3) is 0 Å². The first-order valence-corrected chi connectivity index (χ1v) is 16.3. The van der Waals surface area contributed by atoms with Crippen molar-refractivity contribution in [2.75, 3.05) is 44.2 Å². The van der Waals surface area contributed by atoms with Crippen LogP contribution in [0.4, 0.5) is 23.8 Å². The number of terminal acetylenes is 1. The van der Waals surface area contributed by atoms with Crippen molar-refractivity contribution in [2.45, 2.75) is 50.0 Å². The van der Waals surface area contributed by atoms with E-state index >= 15 is 4.39 Å². The van der Waals surface area contributed by atoms with Gasteiger partial charge in [0.15, 0.2) is 5.82 Å². The fourth-order valence-electron chi connectivity index (χ4n) is 7.82. The van der Waals surface area contributed by atoms with E-state index < -0.39 is 30.0 Å².